The molecule has 1 amide bonds. The zero-order chi connectivity index (χ0) is 32.4. The SMILES string of the molecule is C[C@]12CC[C@@H]3c4ccc(O)cc4CC(CCC(=O)NCc4ccc(-c5[nH]c6cc(F)cc7c6c5CCCC7=O)cc4)[C@H]3[C@@H]1CC[C@@H]2O. The molecule has 0 spiro atoms. The van der Waals surface area contributed by atoms with E-state index in [1.807, 2.05) is 36.4 Å². The zero-order valence-electron chi connectivity index (χ0n) is 26.9. The minimum absolute atomic E-state index is 0.00754. The second-order valence-corrected chi connectivity index (χ2v) is 14.9. The quantitative estimate of drug-likeness (QED) is 0.174. The molecule has 1 heterocycles. The molecule has 4 N–H and O–H groups in total. The van der Waals surface area contributed by atoms with Gasteiger partial charge in [-0.3, -0.25) is 9.59 Å². The lowest BCUT2D eigenvalue weighted by molar-refractivity contribution is -0.122. The Morgan fingerprint density at radius 1 is 1.06 bits per heavy atom. The average Bonchev–Trinajstić information content (AvgIpc) is 3.52. The molecule has 0 saturated heterocycles. The molecule has 2 saturated carbocycles. The number of H-pyrrole nitrogens is 1. The summed E-state index contributed by atoms with van der Waals surface area (Å²) in [5, 5.41) is 25.2. The number of hydrogen-bond donors (Lipinski definition) is 4. The number of aromatic amines is 1. The van der Waals surface area contributed by atoms with Crippen LogP contribution >= 0.6 is 0 Å². The Labute approximate surface area is 274 Å². The van der Waals surface area contributed by atoms with Crippen molar-refractivity contribution in [2.45, 2.75) is 89.7 Å². The second kappa shape index (κ2) is 11.6. The third kappa shape index (κ3) is 5.18. The molecule has 4 aromatic rings. The van der Waals surface area contributed by atoms with Gasteiger partial charge in [0.15, 0.2) is 5.78 Å². The first-order valence-corrected chi connectivity index (χ1v) is 17.4. The van der Waals surface area contributed by atoms with Crippen LogP contribution in [0.15, 0.2) is 54.6 Å². The predicted molar refractivity (Wildman–Crippen MR) is 180 cm³/mol. The summed E-state index contributed by atoms with van der Waals surface area (Å²) < 4.78 is 14.3. The van der Waals surface area contributed by atoms with Gasteiger partial charge in [-0.05, 0) is 133 Å². The molecule has 1 unspecified atom stereocenters. The standard InChI is InChI=1S/C40H43FN2O4/c1-40-16-15-29-28-11-10-27(44)18-25(28)17-24(37(29)32(40)12-13-35(40)46)9-14-36(47)42-21-22-5-7-23(8-6-22)39-30-3-2-4-34(45)31-19-26(41)20-33(43-39)38(30)31/h5-8,10-11,18-20,24,29,32,35,37,43-44,46H,2-4,9,12-17,21H2,1H3,(H,42,47)/t24?,29-,32+,35+,37-,40+/m1/s1. The molecule has 47 heavy (non-hydrogen) atoms. The third-order valence-corrected chi connectivity index (χ3v) is 12.4. The number of aromatic nitrogens is 1. The summed E-state index contributed by atoms with van der Waals surface area (Å²) in [7, 11) is 0. The summed E-state index contributed by atoms with van der Waals surface area (Å²) in [5.41, 5.74) is 7.60. The van der Waals surface area contributed by atoms with Crippen molar-refractivity contribution >= 4 is 22.6 Å². The number of rotatable bonds is 6. The number of aromatic hydroxyl groups is 1. The highest BCUT2D eigenvalue weighted by Gasteiger charge is 2.56. The lowest BCUT2D eigenvalue weighted by atomic mass is 9.52. The van der Waals surface area contributed by atoms with E-state index in [4.69, 9.17) is 0 Å². The normalized spacial score (nSPS) is 28.0. The first kappa shape index (κ1) is 30.4. The van der Waals surface area contributed by atoms with Gasteiger partial charge in [-0.2, -0.15) is 0 Å². The molecule has 1 aromatic heterocycles. The molecule has 0 bridgehead atoms. The van der Waals surface area contributed by atoms with Crippen LogP contribution in [0.4, 0.5) is 4.39 Å². The molecule has 7 heteroatoms. The largest absolute Gasteiger partial charge is 0.508 e. The maximum atomic E-state index is 14.3. The molecule has 6 nitrogen and oxygen atoms in total. The van der Waals surface area contributed by atoms with E-state index >= 15 is 0 Å². The van der Waals surface area contributed by atoms with Crippen LogP contribution in [-0.2, 0) is 24.2 Å². The van der Waals surface area contributed by atoms with E-state index in [2.05, 4.69) is 23.3 Å². The number of benzene rings is 3. The van der Waals surface area contributed by atoms with Crippen LogP contribution in [0.5, 0.6) is 5.75 Å². The Morgan fingerprint density at radius 3 is 2.72 bits per heavy atom. The van der Waals surface area contributed by atoms with Crippen LogP contribution in [-0.4, -0.2) is 33.0 Å². The molecule has 0 radical (unpaired) electrons. The molecule has 244 valence electrons. The first-order valence-electron chi connectivity index (χ1n) is 17.4. The molecular formula is C40H43FN2O4. The lowest BCUT2D eigenvalue weighted by Gasteiger charge is -2.53. The number of phenolic OH excluding ortho intramolecular Hbond substituents is 1. The minimum atomic E-state index is -0.407. The number of fused-ring (bicyclic) bond motifs is 5. The van der Waals surface area contributed by atoms with E-state index in [0.717, 1.165) is 79.1 Å². The maximum absolute atomic E-state index is 14.3. The van der Waals surface area contributed by atoms with Crippen LogP contribution in [0.2, 0.25) is 0 Å². The fourth-order valence-electron chi connectivity index (χ4n) is 10.1. The summed E-state index contributed by atoms with van der Waals surface area (Å²) in [6.07, 6.45) is 7.73. The van der Waals surface area contributed by atoms with Gasteiger partial charge in [0.2, 0.25) is 5.91 Å². The van der Waals surface area contributed by atoms with Gasteiger partial charge in [0.1, 0.15) is 11.6 Å². The van der Waals surface area contributed by atoms with Gasteiger partial charge in [0.05, 0.1) is 6.10 Å². The van der Waals surface area contributed by atoms with Gasteiger partial charge < -0.3 is 20.5 Å². The highest BCUT2D eigenvalue weighted by Crippen LogP contribution is 2.62. The van der Waals surface area contributed by atoms with E-state index in [-0.39, 0.29) is 23.2 Å². The Morgan fingerprint density at radius 2 is 1.89 bits per heavy atom. The van der Waals surface area contributed by atoms with Crippen molar-refractivity contribution in [2.24, 2.45) is 23.2 Å². The van der Waals surface area contributed by atoms with Crippen LogP contribution in [0.3, 0.4) is 0 Å². The Hall–Kier alpha value is -3.97. The maximum Gasteiger partial charge on any atom is 0.220 e. The lowest BCUT2D eigenvalue weighted by Crippen LogP contribution is -2.47. The molecule has 4 aliphatic rings. The van der Waals surface area contributed by atoms with Crippen LogP contribution in [0, 0.1) is 29.0 Å². The predicted octanol–water partition coefficient (Wildman–Crippen LogP) is 7.74. The molecule has 3 aromatic carbocycles. The van der Waals surface area contributed by atoms with Gasteiger partial charge >= 0.3 is 0 Å². The van der Waals surface area contributed by atoms with Crippen molar-refractivity contribution in [1.82, 2.24) is 10.3 Å². The number of amides is 1. The molecule has 2 fully saturated rings. The number of halogens is 1. The van der Waals surface area contributed by atoms with Crippen molar-refractivity contribution in [3.63, 3.8) is 0 Å². The minimum Gasteiger partial charge on any atom is -0.508 e. The number of aliphatic hydroxyl groups excluding tert-OH is 1. The van der Waals surface area contributed by atoms with Gasteiger partial charge in [-0.15, -0.1) is 0 Å². The van der Waals surface area contributed by atoms with E-state index in [0.29, 0.717) is 59.9 Å². The van der Waals surface area contributed by atoms with E-state index in [9.17, 15) is 24.2 Å². The van der Waals surface area contributed by atoms with Crippen molar-refractivity contribution in [2.75, 3.05) is 0 Å². The third-order valence-electron chi connectivity index (χ3n) is 12.4. The van der Waals surface area contributed by atoms with Crippen LogP contribution in [0.1, 0.15) is 96.8 Å². The number of nitrogens with one attached hydrogen (secondary N) is 2. The number of ketones is 1. The summed E-state index contributed by atoms with van der Waals surface area (Å²) >= 11 is 0. The van der Waals surface area contributed by atoms with Crippen LogP contribution in [0.25, 0.3) is 22.2 Å². The number of aliphatic hydroxyl groups is 1. The van der Waals surface area contributed by atoms with E-state index < -0.39 is 5.82 Å². The summed E-state index contributed by atoms with van der Waals surface area (Å²) in [6.45, 7) is 2.71. The smallest absolute Gasteiger partial charge is 0.220 e. The van der Waals surface area contributed by atoms with Gasteiger partial charge in [-0.1, -0.05) is 37.3 Å². The number of hydrogen-bond acceptors (Lipinski definition) is 4. The fourth-order valence-corrected chi connectivity index (χ4v) is 10.1. The number of carbonyl (C=O) groups excluding carboxylic acids is 2. The number of aryl methyl sites for hydroxylation is 1. The van der Waals surface area contributed by atoms with Crippen molar-refractivity contribution in [3.05, 3.63) is 88.2 Å². The highest BCUT2D eigenvalue weighted by molar-refractivity contribution is 6.11. The Balaban J connectivity index is 0.949. The number of phenols is 1. The second-order valence-electron chi connectivity index (χ2n) is 14.9. The molecular weight excluding hydrogens is 591 g/mol. The zero-order valence-corrected chi connectivity index (χ0v) is 26.9. The average molecular weight is 635 g/mol. The summed E-state index contributed by atoms with van der Waals surface area (Å²) in [5.74, 6) is 1.56. The van der Waals surface area contributed by atoms with Crippen molar-refractivity contribution < 1.29 is 24.2 Å². The van der Waals surface area contributed by atoms with E-state index in [1.54, 1.807) is 0 Å². The Kier molecular flexibility index (Phi) is 7.51. The van der Waals surface area contributed by atoms with Crippen molar-refractivity contribution in [1.29, 1.82) is 0 Å². The fraction of sp³-hybridized carbons (Fsp3) is 0.450. The summed E-state index contributed by atoms with van der Waals surface area (Å²) in [4.78, 5) is 29.2. The van der Waals surface area contributed by atoms with Gasteiger partial charge in [0.25, 0.3) is 0 Å². The van der Waals surface area contributed by atoms with Gasteiger partial charge in [0, 0.05) is 41.5 Å². The molecule has 8 rings (SSSR count). The van der Waals surface area contributed by atoms with Crippen LogP contribution < -0.4 is 5.32 Å². The van der Waals surface area contributed by atoms with E-state index in [1.165, 1.54) is 23.3 Å². The van der Waals surface area contributed by atoms with Gasteiger partial charge in [-0.25, -0.2) is 4.39 Å². The Bertz CT molecular complexity index is 1880. The summed E-state index contributed by atoms with van der Waals surface area (Å²) in [6, 6.07) is 16.7. The molecule has 0 aliphatic heterocycles. The highest BCUT2D eigenvalue weighted by atomic mass is 19.1. The molecule has 4 aliphatic carbocycles. The van der Waals surface area contributed by atoms with Crippen molar-refractivity contribution in [3.8, 4) is 17.0 Å². The monoisotopic (exact) mass is 634 g/mol. The number of Topliss-reactive ketones (excluding diaryl/α,β-unsaturated/α-hetero) is 1. The first-order chi connectivity index (χ1) is 22.7. The molecule has 6 atom stereocenters. The number of carbonyl (C=O) groups is 2. The topological polar surface area (TPSA) is 102 Å².